The van der Waals surface area contributed by atoms with Crippen molar-refractivity contribution in [3.63, 3.8) is 0 Å². The second kappa shape index (κ2) is 5.19. The number of nitrogens with two attached hydrogens (primary N) is 2. The van der Waals surface area contributed by atoms with Gasteiger partial charge < -0.3 is 16.2 Å². The Morgan fingerprint density at radius 3 is 2.65 bits per heavy atom. The third-order valence-corrected chi connectivity index (χ3v) is 2.79. The average molecular weight is 236 g/mol. The van der Waals surface area contributed by atoms with Crippen molar-refractivity contribution >= 4 is 5.91 Å². The van der Waals surface area contributed by atoms with Gasteiger partial charge in [-0.15, -0.1) is 0 Å². The summed E-state index contributed by atoms with van der Waals surface area (Å²) in [5.74, 6) is 0.312. The molecule has 94 valence electrons. The minimum Gasteiger partial charge on any atom is -0.493 e. The molecule has 1 aromatic rings. The first-order chi connectivity index (χ1) is 7.83. The van der Waals surface area contributed by atoms with Crippen molar-refractivity contribution in [2.75, 3.05) is 6.61 Å². The topological polar surface area (TPSA) is 78.3 Å². The molecule has 0 radical (unpaired) electrons. The summed E-state index contributed by atoms with van der Waals surface area (Å²) < 4.78 is 5.62. The molecule has 0 heterocycles. The Hall–Kier alpha value is -1.55. The van der Waals surface area contributed by atoms with E-state index in [0.29, 0.717) is 13.0 Å². The Kier molecular flexibility index (Phi) is 4.12. The van der Waals surface area contributed by atoms with E-state index < -0.39 is 11.4 Å². The third kappa shape index (κ3) is 3.75. The Bertz CT molecular complexity index is 414. The van der Waals surface area contributed by atoms with Crippen molar-refractivity contribution in [1.82, 2.24) is 0 Å². The number of carbonyl (C=O) groups excluding carboxylic acids is 1. The number of benzene rings is 1. The summed E-state index contributed by atoms with van der Waals surface area (Å²) in [6.45, 7) is 5.97. The lowest BCUT2D eigenvalue weighted by Gasteiger charge is -2.20. The number of primary amides is 1. The molecule has 0 bridgehead atoms. The Morgan fingerprint density at radius 2 is 2.06 bits per heavy atom. The molecule has 0 aliphatic carbocycles. The van der Waals surface area contributed by atoms with Crippen molar-refractivity contribution in [2.24, 2.45) is 11.5 Å². The number of ether oxygens (including phenoxy) is 1. The molecule has 0 spiro atoms. The maximum Gasteiger partial charge on any atom is 0.237 e. The van der Waals surface area contributed by atoms with Crippen LogP contribution in [0.1, 0.15) is 24.5 Å². The summed E-state index contributed by atoms with van der Waals surface area (Å²) in [7, 11) is 0. The van der Waals surface area contributed by atoms with Crippen molar-refractivity contribution < 1.29 is 9.53 Å². The number of rotatable bonds is 5. The zero-order chi connectivity index (χ0) is 13.1. The summed E-state index contributed by atoms with van der Waals surface area (Å²) in [5, 5.41) is 0. The largest absolute Gasteiger partial charge is 0.493 e. The quantitative estimate of drug-likeness (QED) is 0.808. The molecule has 0 aromatic heterocycles. The average Bonchev–Trinajstić information content (AvgIpc) is 2.22. The number of carbonyl (C=O) groups is 1. The molecule has 17 heavy (non-hydrogen) atoms. The van der Waals surface area contributed by atoms with Gasteiger partial charge in [0.05, 0.1) is 12.1 Å². The van der Waals surface area contributed by atoms with Crippen molar-refractivity contribution in [3.8, 4) is 5.75 Å². The standard InChI is InChI=1S/C13H20N2O2/c1-9-4-5-10(2)11(8-9)17-7-6-13(3,15)12(14)16/h4-5,8H,6-7,15H2,1-3H3,(H2,14,16). The number of hydrogen-bond acceptors (Lipinski definition) is 3. The predicted octanol–water partition coefficient (Wildman–Crippen LogP) is 1.28. The second-order valence-corrected chi connectivity index (χ2v) is 4.65. The van der Waals surface area contributed by atoms with E-state index in [2.05, 4.69) is 0 Å². The van der Waals surface area contributed by atoms with Crippen molar-refractivity contribution in [3.05, 3.63) is 29.3 Å². The van der Waals surface area contributed by atoms with E-state index in [0.717, 1.165) is 16.9 Å². The van der Waals surface area contributed by atoms with E-state index in [1.165, 1.54) is 0 Å². The lowest BCUT2D eigenvalue weighted by molar-refractivity contribution is -0.123. The maximum atomic E-state index is 11.0. The van der Waals surface area contributed by atoms with Crippen LogP contribution < -0.4 is 16.2 Å². The van der Waals surface area contributed by atoms with Crippen LogP contribution in [0.15, 0.2) is 18.2 Å². The highest BCUT2D eigenvalue weighted by Crippen LogP contribution is 2.19. The van der Waals surface area contributed by atoms with Crippen LogP contribution in [0, 0.1) is 13.8 Å². The molecule has 1 unspecified atom stereocenters. The molecule has 4 heteroatoms. The van der Waals surface area contributed by atoms with E-state index in [-0.39, 0.29) is 0 Å². The van der Waals surface area contributed by atoms with Gasteiger partial charge in [-0.25, -0.2) is 0 Å². The molecule has 0 fully saturated rings. The second-order valence-electron chi connectivity index (χ2n) is 4.65. The number of aryl methyl sites for hydroxylation is 2. The van der Waals surface area contributed by atoms with Crippen LogP contribution >= 0.6 is 0 Å². The van der Waals surface area contributed by atoms with Crippen molar-refractivity contribution in [2.45, 2.75) is 32.7 Å². The van der Waals surface area contributed by atoms with E-state index in [1.807, 2.05) is 32.0 Å². The SMILES string of the molecule is Cc1ccc(C)c(OCCC(C)(N)C(N)=O)c1. The van der Waals surface area contributed by atoms with Gasteiger partial charge in [-0.05, 0) is 38.0 Å². The zero-order valence-corrected chi connectivity index (χ0v) is 10.6. The van der Waals surface area contributed by atoms with Crippen LogP contribution in [0.5, 0.6) is 5.75 Å². The highest BCUT2D eigenvalue weighted by molar-refractivity contribution is 5.83. The fourth-order valence-corrected chi connectivity index (χ4v) is 1.36. The molecule has 0 saturated carbocycles. The van der Waals surface area contributed by atoms with E-state index in [4.69, 9.17) is 16.2 Å². The molecular weight excluding hydrogens is 216 g/mol. The predicted molar refractivity (Wildman–Crippen MR) is 67.8 cm³/mol. The summed E-state index contributed by atoms with van der Waals surface area (Å²) >= 11 is 0. The normalized spacial score (nSPS) is 14.1. The maximum absolute atomic E-state index is 11.0. The van der Waals surface area contributed by atoms with Gasteiger partial charge in [-0.1, -0.05) is 12.1 Å². The summed E-state index contributed by atoms with van der Waals surface area (Å²) in [5.41, 5.74) is 12.1. The van der Waals surface area contributed by atoms with Crippen LogP contribution in [0.3, 0.4) is 0 Å². The van der Waals surface area contributed by atoms with E-state index >= 15 is 0 Å². The van der Waals surface area contributed by atoms with E-state index in [1.54, 1.807) is 6.92 Å². The van der Waals surface area contributed by atoms with Crippen LogP contribution in [0.25, 0.3) is 0 Å². The lowest BCUT2D eigenvalue weighted by Crippen LogP contribution is -2.50. The van der Waals surface area contributed by atoms with Gasteiger partial charge in [0, 0.05) is 6.42 Å². The molecule has 0 aliphatic heterocycles. The fourth-order valence-electron chi connectivity index (χ4n) is 1.36. The highest BCUT2D eigenvalue weighted by Gasteiger charge is 2.25. The minimum atomic E-state index is -1.02. The van der Waals surface area contributed by atoms with Gasteiger partial charge in [0.2, 0.25) is 5.91 Å². The molecule has 1 amide bonds. The monoisotopic (exact) mass is 236 g/mol. The van der Waals surface area contributed by atoms with Gasteiger partial charge in [0.15, 0.2) is 0 Å². The Morgan fingerprint density at radius 1 is 1.41 bits per heavy atom. The third-order valence-electron chi connectivity index (χ3n) is 2.79. The van der Waals surface area contributed by atoms with Gasteiger partial charge in [-0.2, -0.15) is 0 Å². The molecular formula is C13H20N2O2. The highest BCUT2D eigenvalue weighted by atomic mass is 16.5. The molecule has 0 saturated heterocycles. The molecule has 4 N–H and O–H groups in total. The number of hydrogen-bond donors (Lipinski definition) is 2. The van der Waals surface area contributed by atoms with Gasteiger partial charge in [0.1, 0.15) is 5.75 Å². The number of amides is 1. The van der Waals surface area contributed by atoms with Gasteiger partial charge in [-0.3, -0.25) is 4.79 Å². The summed E-state index contributed by atoms with van der Waals surface area (Å²) in [6, 6.07) is 5.99. The van der Waals surface area contributed by atoms with Crippen LogP contribution in [0.4, 0.5) is 0 Å². The molecule has 4 nitrogen and oxygen atoms in total. The molecule has 1 rings (SSSR count). The summed E-state index contributed by atoms with van der Waals surface area (Å²) in [4.78, 5) is 11.0. The minimum absolute atomic E-state index is 0.375. The fraction of sp³-hybridized carbons (Fsp3) is 0.462. The van der Waals surface area contributed by atoms with Crippen LogP contribution in [-0.4, -0.2) is 18.1 Å². The summed E-state index contributed by atoms with van der Waals surface area (Å²) in [6.07, 6.45) is 0.399. The van der Waals surface area contributed by atoms with Crippen LogP contribution in [-0.2, 0) is 4.79 Å². The smallest absolute Gasteiger partial charge is 0.237 e. The van der Waals surface area contributed by atoms with E-state index in [9.17, 15) is 4.79 Å². The Labute approximate surface area is 102 Å². The Balaban J connectivity index is 2.57. The van der Waals surface area contributed by atoms with Gasteiger partial charge >= 0.3 is 0 Å². The molecule has 1 atom stereocenters. The first-order valence-corrected chi connectivity index (χ1v) is 5.62. The van der Waals surface area contributed by atoms with Crippen LogP contribution in [0.2, 0.25) is 0 Å². The molecule has 1 aromatic carbocycles. The lowest BCUT2D eigenvalue weighted by atomic mass is 9.99. The zero-order valence-electron chi connectivity index (χ0n) is 10.6. The van der Waals surface area contributed by atoms with Crippen molar-refractivity contribution in [1.29, 1.82) is 0 Å². The first-order valence-electron chi connectivity index (χ1n) is 5.62. The molecule has 0 aliphatic rings. The van der Waals surface area contributed by atoms with Gasteiger partial charge in [0.25, 0.3) is 0 Å². The first kappa shape index (κ1) is 13.5.